The molecule has 2 fully saturated rings. The van der Waals surface area contributed by atoms with Gasteiger partial charge in [-0.3, -0.25) is 4.90 Å². The molecule has 3 heterocycles. The van der Waals surface area contributed by atoms with Gasteiger partial charge in [0.15, 0.2) is 5.82 Å². The van der Waals surface area contributed by atoms with Crippen molar-refractivity contribution in [3.63, 3.8) is 0 Å². The van der Waals surface area contributed by atoms with E-state index < -0.39 is 0 Å². The van der Waals surface area contributed by atoms with E-state index in [9.17, 15) is 0 Å². The first kappa shape index (κ1) is 15.4. The first-order valence-corrected chi connectivity index (χ1v) is 8.34. The molecule has 2 aromatic rings. The van der Waals surface area contributed by atoms with E-state index in [1.54, 1.807) is 19.5 Å². The largest absolute Gasteiger partial charge is 0.478 e. The second kappa shape index (κ2) is 6.75. The van der Waals surface area contributed by atoms with Crippen molar-refractivity contribution in [3.8, 4) is 5.88 Å². The van der Waals surface area contributed by atoms with Crippen molar-refractivity contribution in [2.75, 3.05) is 38.3 Å². The fourth-order valence-electron chi connectivity index (χ4n) is 3.62. The predicted octanol–water partition coefficient (Wildman–Crippen LogP) is 1.57. The van der Waals surface area contributed by atoms with E-state index in [1.807, 2.05) is 0 Å². The second-order valence-corrected chi connectivity index (χ2v) is 6.23. The van der Waals surface area contributed by atoms with Crippen LogP contribution >= 0.6 is 0 Å². The van der Waals surface area contributed by atoms with Gasteiger partial charge in [0.05, 0.1) is 25.9 Å². The van der Waals surface area contributed by atoms with Crippen LogP contribution in [0.3, 0.4) is 0 Å². The summed E-state index contributed by atoms with van der Waals surface area (Å²) in [5.74, 6) is 1.38. The molecule has 4 rings (SSSR count). The van der Waals surface area contributed by atoms with Crippen LogP contribution in [-0.4, -0.2) is 60.4 Å². The van der Waals surface area contributed by atoms with Crippen LogP contribution in [0.25, 0.3) is 0 Å². The maximum atomic E-state index is 6.02. The number of benzene rings is 1. The number of hydrogen-bond donors (Lipinski definition) is 0. The molecule has 24 heavy (non-hydrogen) atoms. The molecule has 6 nitrogen and oxygen atoms in total. The number of rotatable bonds is 4. The molecular formula is C18H22N4O2. The zero-order chi connectivity index (χ0) is 16.4. The van der Waals surface area contributed by atoms with Crippen LogP contribution in [-0.2, 0) is 11.3 Å². The molecule has 1 aromatic carbocycles. The molecule has 2 aliphatic rings. The smallest absolute Gasteiger partial charge is 0.257 e. The van der Waals surface area contributed by atoms with Gasteiger partial charge in [0.25, 0.3) is 5.88 Å². The van der Waals surface area contributed by atoms with E-state index in [2.05, 4.69) is 50.1 Å². The van der Waals surface area contributed by atoms with Crippen molar-refractivity contribution < 1.29 is 9.47 Å². The van der Waals surface area contributed by atoms with Crippen LogP contribution in [0.5, 0.6) is 5.88 Å². The Kier molecular flexibility index (Phi) is 4.32. The van der Waals surface area contributed by atoms with Crippen LogP contribution in [0.1, 0.15) is 5.56 Å². The summed E-state index contributed by atoms with van der Waals surface area (Å²) in [6.45, 7) is 4.40. The lowest BCUT2D eigenvalue weighted by Gasteiger charge is -2.36. The molecule has 0 amide bonds. The quantitative estimate of drug-likeness (QED) is 0.850. The van der Waals surface area contributed by atoms with E-state index in [1.165, 1.54) is 5.56 Å². The average Bonchev–Trinajstić information content (AvgIpc) is 3.08. The van der Waals surface area contributed by atoms with Crippen molar-refractivity contribution in [1.82, 2.24) is 14.9 Å². The molecule has 0 saturated carbocycles. The third-order valence-electron chi connectivity index (χ3n) is 4.78. The Morgan fingerprint density at radius 2 is 2.00 bits per heavy atom. The molecule has 126 valence electrons. The van der Waals surface area contributed by atoms with E-state index in [-0.39, 0.29) is 6.10 Å². The van der Waals surface area contributed by atoms with Gasteiger partial charge in [-0.15, -0.1) is 0 Å². The standard InChI is InChI=1S/C18H22N4O2/c1-23-18-17(19-7-8-20-18)22-12-15-16(13-22)24-10-9-21(15)11-14-5-3-2-4-6-14/h2-8,15-16H,9-13H2,1H3/t15-,16+/m0/s1. The molecule has 0 radical (unpaired) electrons. The first-order chi connectivity index (χ1) is 11.8. The van der Waals surface area contributed by atoms with Gasteiger partial charge in [0, 0.05) is 38.6 Å². The fourth-order valence-corrected chi connectivity index (χ4v) is 3.62. The van der Waals surface area contributed by atoms with Crippen molar-refractivity contribution in [3.05, 3.63) is 48.3 Å². The molecule has 0 N–H and O–H groups in total. The van der Waals surface area contributed by atoms with Crippen molar-refractivity contribution in [2.45, 2.75) is 18.7 Å². The minimum Gasteiger partial charge on any atom is -0.478 e. The maximum absolute atomic E-state index is 6.02. The molecule has 6 heteroatoms. The third-order valence-corrected chi connectivity index (χ3v) is 4.78. The predicted molar refractivity (Wildman–Crippen MR) is 91.2 cm³/mol. The summed E-state index contributed by atoms with van der Waals surface area (Å²) >= 11 is 0. The molecule has 0 spiro atoms. The highest BCUT2D eigenvalue weighted by atomic mass is 16.5. The highest BCUT2D eigenvalue weighted by molar-refractivity contribution is 5.49. The number of ether oxygens (including phenoxy) is 2. The number of morpholine rings is 1. The van der Waals surface area contributed by atoms with Crippen LogP contribution < -0.4 is 9.64 Å². The molecule has 0 unspecified atom stereocenters. The third kappa shape index (κ3) is 2.95. The SMILES string of the molecule is COc1nccnc1N1C[C@H]2OCCN(Cc3ccccc3)[C@H]2C1. The van der Waals surface area contributed by atoms with Crippen molar-refractivity contribution in [1.29, 1.82) is 0 Å². The normalized spacial score (nSPS) is 24.0. The van der Waals surface area contributed by atoms with Gasteiger partial charge in [-0.2, -0.15) is 0 Å². The number of anilines is 1. The fraction of sp³-hybridized carbons (Fsp3) is 0.444. The Bertz CT molecular complexity index is 682. The maximum Gasteiger partial charge on any atom is 0.257 e. The number of hydrogen-bond acceptors (Lipinski definition) is 6. The number of fused-ring (bicyclic) bond motifs is 1. The van der Waals surface area contributed by atoms with Crippen LogP contribution in [0.4, 0.5) is 5.82 Å². The minimum atomic E-state index is 0.203. The average molecular weight is 326 g/mol. The van der Waals surface area contributed by atoms with Crippen molar-refractivity contribution >= 4 is 5.82 Å². The Labute approximate surface area is 142 Å². The summed E-state index contributed by atoms with van der Waals surface area (Å²) in [5, 5.41) is 0. The molecular weight excluding hydrogens is 304 g/mol. The Hall–Kier alpha value is -2.18. The van der Waals surface area contributed by atoms with Gasteiger partial charge in [-0.1, -0.05) is 30.3 Å². The Balaban J connectivity index is 1.52. The van der Waals surface area contributed by atoms with Crippen LogP contribution in [0.2, 0.25) is 0 Å². The Morgan fingerprint density at radius 3 is 2.83 bits per heavy atom. The van der Waals surface area contributed by atoms with Gasteiger partial charge in [0.1, 0.15) is 0 Å². The zero-order valence-electron chi connectivity index (χ0n) is 13.8. The summed E-state index contributed by atoms with van der Waals surface area (Å²) in [5.41, 5.74) is 1.34. The highest BCUT2D eigenvalue weighted by Crippen LogP contribution is 2.31. The summed E-state index contributed by atoms with van der Waals surface area (Å²) in [4.78, 5) is 13.5. The monoisotopic (exact) mass is 326 g/mol. The molecule has 2 saturated heterocycles. The second-order valence-electron chi connectivity index (χ2n) is 6.23. The number of nitrogens with zero attached hydrogens (tertiary/aromatic N) is 4. The van der Waals surface area contributed by atoms with E-state index in [0.717, 1.165) is 38.6 Å². The van der Waals surface area contributed by atoms with Gasteiger partial charge >= 0.3 is 0 Å². The number of aromatic nitrogens is 2. The summed E-state index contributed by atoms with van der Waals surface area (Å²) in [6.07, 6.45) is 3.57. The Morgan fingerprint density at radius 1 is 1.17 bits per heavy atom. The summed E-state index contributed by atoms with van der Waals surface area (Å²) in [7, 11) is 1.63. The minimum absolute atomic E-state index is 0.203. The highest BCUT2D eigenvalue weighted by Gasteiger charge is 2.41. The number of methoxy groups -OCH3 is 1. The van der Waals surface area contributed by atoms with Gasteiger partial charge in [-0.25, -0.2) is 9.97 Å². The molecule has 2 atom stereocenters. The lowest BCUT2D eigenvalue weighted by atomic mass is 10.1. The van der Waals surface area contributed by atoms with Crippen molar-refractivity contribution in [2.24, 2.45) is 0 Å². The van der Waals surface area contributed by atoms with Crippen LogP contribution in [0.15, 0.2) is 42.7 Å². The van der Waals surface area contributed by atoms with E-state index in [0.29, 0.717) is 11.9 Å². The molecule has 2 aliphatic heterocycles. The first-order valence-electron chi connectivity index (χ1n) is 8.34. The van der Waals surface area contributed by atoms with Gasteiger partial charge in [0.2, 0.25) is 0 Å². The van der Waals surface area contributed by atoms with E-state index in [4.69, 9.17) is 9.47 Å². The summed E-state index contributed by atoms with van der Waals surface area (Å²) < 4.78 is 11.4. The molecule has 0 bridgehead atoms. The lowest BCUT2D eigenvalue weighted by molar-refractivity contribution is -0.0499. The lowest BCUT2D eigenvalue weighted by Crippen LogP contribution is -2.50. The van der Waals surface area contributed by atoms with Gasteiger partial charge in [-0.05, 0) is 5.56 Å². The summed E-state index contributed by atoms with van der Waals surface area (Å²) in [6, 6.07) is 11.0. The molecule has 0 aliphatic carbocycles. The van der Waals surface area contributed by atoms with Crippen LogP contribution in [0, 0.1) is 0 Å². The molecule has 1 aromatic heterocycles. The topological polar surface area (TPSA) is 50.7 Å². The zero-order valence-corrected chi connectivity index (χ0v) is 13.8. The van der Waals surface area contributed by atoms with Gasteiger partial charge < -0.3 is 14.4 Å². The van der Waals surface area contributed by atoms with E-state index >= 15 is 0 Å².